The largest absolute Gasteiger partial charge is 0.497 e. The Balaban J connectivity index is 2.34. The Morgan fingerprint density at radius 2 is 1.65 bits per heavy atom. The molecule has 0 radical (unpaired) electrons. The Hall–Kier alpha value is -2.70. The van der Waals surface area contributed by atoms with E-state index in [1.165, 1.54) is 44.6 Å². The van der Waals surface area contributed by atoms with Crippen LogP contribution in [0.4, 0.5) is 13.2 Å². The molecule has 0 atom stereocenters. The predicted molar refractivity (Wildman–Crippen MR) is 75.9 cm³/mol. The van der Waals surface area contributed by atoms with Gasteiger partial charge in [0, 0.05) is 6.07 Å². The van der Waals surface area contributed by atoms with Gasteiger partial charge in [0.1, 0.15) is 22.8 Å². The van der Waals surface area contributed by atoms with Crippen LogP contribution < -0.4 is 14.2 Å². The van der Waals surface area contributed by atoms with Crippen LogP contribution in [0.2, 0.25) is 0 Å². The van der Waals surface area contributed by atoms with Crippen molar-refractivity contribution in [2.75, 3.05) is 14.2 Å². The SMILES string of the molecule is COc1ccc(C(=O)Oc2ccccc2C(F)(F)F)c(OC)c1. The van der Waals surface area contributed by atoms with E-state index in [4.69, 9.17) is 14.2 Å². The molecule has 0 aliphatic rings. The van der Waals surface area contributed by atoms with Crippen LogP contribution in [0.15, 0.2) is 42.5 Å². The number of carbonyl (C=O) groups excluding carboxylic acids is 1. The first-order valence-corrected chi connectivity index (χ1v) is 6.47. The Labute approximate surface area is 130 Å². The van der Waals surface area contributed by atoms with E-state index < -0.39 is 23.5 Å². The van der Waals surface area contributed by atoms with Gasteiger partial charge < -0.3 is 14.2 Å². The first kappa shape index (κ1) is 16.7. The van der Waals surface area contributed by atoms with Crippen molar-refractivity contribution < 1.29 is 32.2 Å². The third-order valence-corrected chi connectivity index (χ3v) is 3.02. The van der Waals surface area contributed by atoms with Gasteiger partial charge in [-0.05, 0) is 24.3 Å². The molecule has 0 fully saturated rings. The molecule has 0 amide bonds. The zero-order chi connectivity index (χ0) is 17.0. The van der Waals surface area contributed by atoms with Crippen molar-refractivity contribution in [1.29, 1.82) is 0 Å². The van der Waals surface area contributed by atoms with Gasteiger partial charge in [0.2, 0.25) is 0 Å². The average Bonchev–Trinajstić information content (AvgIpc) is 2.53. The fourth-order valence-corrected chi connectivity index (χ4v) is 1.91. The Kier molecular flexibility index (Phi) is 4.78. The summed E-state index contributed by atoms with van der Waals surface area (Å²) in [5, 5.41) is 0. The molecular formula is C16H13F3O4. The van der Waals surface area contributed by atoms with Gasteiger partial charge in [0.25, 0.3) is 0 Å². The number of para-hydroxylation sites is 1. The van der Waals surface area contributed by atoms with Crippen molar-refractivity contribution >= 4 is 5.97 Å². The fraction of sp³-hybridized carbons (Fsp3) is 0.188. The summed E-state index contributed by atoms with van der Waals surface area (Å²) in [6.07, 6.45) is -4.62. The fourth-order valence-electron chi connectivity index (χ4n) is 1.91. The minimum absolute atomic E-state index is 0.00900. The van der Waals surface area contributed by atoms with Crippen LogP contribution in [0.5, 0.6) is 17.2 Å². The smallest absolute Gasteiger partial charge is 0.419 e. The van der Waals surface area contributed by atoms with Crippen molar-refractivity contribution in [1.82, 2.24) is 0 Å². The second kappa shape index (κ2) is 6.60. The number of ether oxygens (including phenoxy) is 3. The molecule has 0 aliphatic heterocycles. The molecule has 4 nitrogen and oxygen atoms in total. The van der Waals surface area contributed by atoms with Crippen molar-refractivity contribution in [3.05, 3.63) is 53.6 Å². The number of methoxy groups -OCH3 is 2. The summed E-state index contributed by atoms with van der Waals surface area (Å²) < 4.78 is 53.7. The zero-order valence-corrected chi connectivity index (χ0v) is 12.3. The van der Waals surface area contributed by atoms with Crippen molar-refractivity contribution in [2.45, 2.75) is 6.18 Å². The first-order valence-electron chi connectivity index (χ1n) is 6.47. The van der Waals surface area contributed by atoms with Crippen LogP contribution in [-0.2, 0) is 6.18 Å². The van der Waals surface area contributed by atoms with Gasteiger partial charge in [-0.25, -0.2) is 4.79 Å². The van der Waals surface area contributed by atoms with Crippen LogP contribution in [0.3, 0.4) is 0 Å². The molecule has 2 rings (SSSR count). The standard InChI is InChI=1S/C16H13F3O4/c1-21-10-7-8-11(14(9-10)22-2)15(20)23-13-6-4-3-5-12(13)16(17,18)19/h3-9H,1-2H3. The molecule has 2 aromatic rings. The topological polar surface area (TPSA) is 44.8 Å². The molecule has 0 saturated carbocycles. The van der Waals surface area contributed by atoms with E-state index in [0.29, 0.717) is 5.75 Å². The van der Waals surface area contributed by atoms with Gasteiger partial charge in [-0.1, -0.05) is 12.1 Å². The van der Waals surface area contributed by atoms with E-state index in [1.807, 2.05) is 0 Å². The van der Waals surface area contributed by atoms with E-state index in [-0.39, 0.29) is 11.3 Å². The van der Waals surface area contributed by atoms with Gasteiger partial charge in [0.05, 0.1) is 19.8 Å². The third-order valence-electron chi connectivity index (χ3n) is 3.02. The van der Waals surface area contributed by atoms with E-state index in [9.17, 15) is 18.0 Å². The quantitative estimate of drug-likeness (QED) is 0.630. The number of alkyl halides is 3. The number of benzene rings is 2. The zero-order valence-electron chi connectivity index (χ0n) is 12.3. The van der Waals surface area contributed by atoms with E-state index in [0.717, 1.165) is 12.1 Å². The lowest BCUT2D eigenvalue weighted by molar-refractivity contribution is -0.138. The van der Waals surface area contributed by atoms with Gasteiger partial charge in [0.15, 0.2) is 0 Å². The molecule has 122 valence electrons. The number of halogens is 3. The summed E-state index contributed by atoms with van der Waals surface area (Å²) in [5.41, 5.74) is -1.04. The van der Waals surface area contributed by atoms with E-state index >= 15 is 0 Å². The predicted octanol–water partition coefficient (Wildman–Crippen LogP) is 3.94. The van der Waals surface area contributed by atoms with Gasteiger partial charge in [-0.2, -0.15) is 13.2 Å². The molecule has 0 heterocycles. The van der Waals surface area contributed by atoms with E-state index in [1.54, 1.807) is 0 Å². The summed E-state index contributed by atoms with van der Waals surface area (Å²) in [6, 6.07) is 8.76. The number of hydrogen-bond donors (Lipinski definition) is 0. The highest BCUT2D eigenvalue weighted by molar-refractivity contribution is 5.94. The molecule has 2 aromatic carbocycles. The highest BCUT2D eigenvalue weighted by atomic mass is 19.4. The molecule has 23 heavy (non-hydrogen) atoms. The minimum atomic E-state index is -4.62. The molecule has 0 unspecified atom stereocenters. The van der Waals surface area contributed by atoms with Crippen molar-refractivity contribution in [3.8, 4) is 17.2 Å². The van der Waals surface area contributed by atoms with Crippen molar-refractivity contribution in [2.24, 2.45) is 0 Å². The summed E-state index contributed by atoms with van der Waals surface area (Å²) in [6.45, 7) is 0. The average molecular weight is 326 g/mol. The lowest BCUT2D eigenvalue weighted by Crippen LogP contribution is -2.14. The molecule has 7 heteroatoms. The summed E-state index contributed by atoms with van der Waals surface area (Å²) >= 11 is 0. The molecule has 0 N–H and O–H groups in total. The maximum atomic E-state index is 12.9. The summed E-state index contributed by atoms with van der Waals surface area (Å²) in [5.74, 6) is -0.947. The highest BCUT2D eigenvalue weighted by Crippen LogP contribution is 2.36. The number of rotatable bonds is 4. The van der Waals surface area contributed by atoms with Crippen molar-refractivity contribution in [3.63, 3.8) is 0 Å². The number of hydrogen-bond acceptors (Lipinski definition) is 4. The maximum absolute atomic E-state index is 12.9. The Morgan fingerprint density at radius 1 is 0.957 bits per heavy atom. The monoisotopic (exact) mass is 326 g/mol. The lowest BCUT2D eigenvalue weighted by Gasteiger charge is -2.14. The second-order valence-electron chi connectivity index (χ2n) is 4.45. The molecular weight excluding hydrogens is 313 g/mol. The van der Waals surface area contributed by atoms with Gasteiger partial charge in [-0.15, -0.1) is 0 Å². The molecule has 0 aliphatic carbocycles. The van der Waals surface area contributed by atoms with Crippen LogP contribution in [0, 0.1) is 0 Å². The first-order chi connectivity index (χ1) is 10.9. The summed E-state index contributed by atoms with van der Waals surface area (Å²) in [7, 11) is 2.77. The summed E-state index contributed by atoms with van der Waals surface area (Å²) in [4.78, 5) is 12.2. The Bertz CT molecular complexity index is 711. The highest BCUT2D eigenvalue weighted by Gasteiger charge is 2.34. The second-order valence-corrected chi connectivity index (χ2v) is 4.45. The lowest BCUT2D eigenvalue weighted by atomic mass is 10.1. The van der Waals surface area contributed by atoms with Crippen LogP contribution in [0.25, 0.3) is 0 Å². The molecule has 0 saturated heterocycles. The number of esters is 1. The van der Waals surface area contributed by atoms with Gasteiger partial charge >= 0.3 is 12.1 Å². The molecule has 0 bridgehead atoms. The Morgan fingerprint density at radius 3 is 2.26 bits per heavy atom. The van der Waals surface area contributed by atoms with E-state index in [2.05, 4.69) is 0 Å². The van der Waals surface area contributed by atoms with Crippen LogP contribution >= 0.6 is 0 Å². The third kappa shape index (κ3) is 3.74. The minimum Gasteiger partial charge on any atom is -0.497 e. The maximum Gasteiger partial charge on any atom is 0.419 e. The molecule has 0 aromatic heterocycles. The normalized spacial score (nSPS) is 11.0. The van der Waals surface area contributed by atoms with Crippen LogP contribution in [0.1, 0.15) is 15.9 Å². The molecule has 0 spiro atoms. The van der Waals surface area contributed by atoms with Crippen LogP contribution in [-0.4, -0.2) is 20.2 Å². The number of carbonyl (C=O) groups is 1. The van der Waals surface area contributed by atoms with Gasteiger partial charge in [-0.3, -0.25) is 0 Å².